The number of ketones is 1. The molecule has 3 aliphatic rings. The van der Waals surface area contributed by atoms with Gasteiger partial charge in [0.15, 0.2) is 5.78 Å². The fourth-order valence-electron chi connectivity index (χ4n) is 4.38. The minimum atomic E-state index is -0.203. The summed E-state index contributed by atoms with van der Waals surface area (Å²) in [6.07, 6.45) is 5.56. The first kappa shape index (κ1) is 16.7. The maximum absolute atomic E-state index is 12.6. The Morgan fingerprint density at radius 1 is 1.22 bits per heavy atom. The SMILES string of the molecule is CC(=O)N1CC[C@@H]1C(=O)C[C@@H]1CCc2cc(-c3noc(C4CC4)n3)ccc21. The third-order valence-electron chi connectivity index (χ3n) is 6.21. The molecule has 6 nitrogen and oxygen atoms in total. The maximum Gasteiger partial charge on any atom is 0.230 e. The summed E-state index contributed by atoms with van der Waals surface area (Å²) >= 11 is 0. The van der Waals surface area contributed by atoms with Crippen molar-refractivity contribution in [2.75, 3.05) is 6.54 Å². The number of fused-ring (bicyclic) bond motifs is 1. The number of aryl methyl sites for hydroxylation is 1. The molecule has 0 spiro atoms. The average Bonchev–Trinajstić information content (AvgIpc) is 3.20. The number of aromatic nitrogens is 2. The second-order valence-corrected chi connectivity index (χ2v) is 8.07. The van der Waals surface area contributed by atoms with Gasteiger partial charge >= 0.3 is 0 Å². The summed E-state index contributed by atoms with van der Waals surface area (Å²) in [7, 11) is 0. The molecule has 27 heavy (non-hydrogen) atoms. The second-order valence-electron chi connectivity index (χ2n) is 8.07. The van der Waals surface area contributed by atoms with Crippen molar-refractivity contribution in [3.8, 4) is 11.4 Å². The van der Waals surface area contributed by atoms with E-state index in [1.165, 1.54) is 11.1 Å². The molecule has 1 aromatic carbocycles. The van der Waals surface area contributed by atoms with Crippen molar-refractivity contribution in [3.05, 3.63) is 35.2 Å². The van der Waals surface area contributed by atoms with E-state index in [9.17, 15) is 9.59 Å². The maximum atomic E-state index is 12.6. The van der Waals surface area contributed by atoms with Gasteiger partial charge in [-0.15, -0.1) is 0 Å². The van der Waals surface area contributed by atoms with Crippen molar-refractivity contribution in [3.63, 3.8) is 0 Å². The van der Waals surface area contributed by atoms with E-state index in [-0.39, 0.29) is 23.7 Å². The Balaban J connectivity index is 1.30. The minimum Gasteiger partial charge on any atom is -0.339 e. The van der Waals surface area contributed by atoms with Gasteiger partial charge in [-0.05, 0) is 55.2 Å². The van der Waals surface area contributed by atoms with E-state index in [2.05, 4.69) is 22.3 Å². The highest BCUT2D eigenvalue weighted by atomic mass is 16.5. The fraction of sp³-hybridized carbons (Fsp3) is 0.524. The van der Waals surface area contributed by atoms with Gasteiger partial charge in [-0.25, -0.2) is 0 Å². The van der Waals surface area contributed by atoms with Crippen LogP contribution in [0.25, 0.3) is 11.4 Å². The van der Waals surface area contributed by atoms with Crippen LogP contribution in [0.15, 0.2) is 22.7 Å². The van der Waals surface area contributed by atoms with Crippen LogP contribution in [0.4, 0.5) is 0 Å². The predicted octanol–water partition coefficient (Wildman–Crippen LogP) is 3.22. The van der Waals surface area contributed by atoms with E-state index >= 15 is 0 Å². The number of Topliss-reactive ketones (excluding diaryl/α,β-unsaturated/α-hetero) is 1. The Morgan fingerprint density at radius 2 is 2.07 bits per heavy atom. The molecule has 0 N–H and O–H groups in total. The lowest BCUT2D eigenvalue weighted by Gasteiger charge is -2.39. The number of carbonyl (C=O) groups excluding carboxylic acids is 2. The predicted molar refractivity (Wildman–Crippen MR) is 98.2 cm³/mol. The third kappa shape index (κ3) is 2.97. The summed E-state index contributed by atoms with van der Waals surface area (Å²) < 4.78 is 5.37. The van der Waals surface area contributed by atoms with Gasteiger partial charge in [-0.2, -0.15) is 4.98 Å². The average molecular weight is 365 g/mol. The monoisotopic (exact) mass is 365 g/mol. The van der Waals surface area contributed by atoms with E-state index in [1.54, 1.807) is 11.8 Å². The van der Waals surface area contributed by atoms with Crippen LogP contribution in [-0.2, 0) is 16.0 Å². The van der Waals surface area contributed by atoms with Crippen LogP contribution in [-0.4, -0.2) is 39.3 Å². The van der Waals surface area contributed by atoms with Gasteiger partial charge in [0.05, 0.1) is 6.04 Å². The quantitative estimate of drug-likeness (QED) is 0.813. The summed E-state index contributed by atoms with van der Waals surface area (Å²) in [6, 6.07) is 6.10. The van der Waals surface area contributed by atoms with Crippen LogP contribution in [0.1, 0.15) is 67.9 Å². The van der Waals surface area contributed by atoms with Crippen LogP contribution >= 0.6 is 0 Å². The highest BCUT2D eigenvalue weighted by molar-refractivity contribution is 5.90. The van der Waals surface area contributed by atoms with E-state index in [4.69, 9.17) is 4.52 Å². The normalized spacial score (nSPS) is 23.8. The van der Waals surface area contributed by atoms with E-state index in [1.807, 2.05) is 6.07 Å². The molecule has 1 aromatic heterocycles. The number of likely N-dealkylation sites (tertiary alicyclic amines) is 1. The molecule has 0 radical (unpaired) electrons. The summed E-state index contributed by atoms with van der Waals surface area (Å²) in [5.74, 6) is 2.32. The summed E-state index contributed by atoms with van der Waals surface area (Å²) in [4.78, 5) is 30.4. The van der Waals surface area contributed by atoms with Crippen LogP contribution in [0, 0.1) is 0 Å². The number of benzene rings is 1. The van der Waals surface area contributed by atoms with Gasteiger partial charge in [0, 0.05) is 31.4 Å². The molecular formula is C21H23N3O3. The van der Waals surface area contributed by atoms with Gasteiger partial charge in [-0.3, -0.25) is 9.59 Å². The zero-order valence-electron chi connectivity index (χ0n) is 15.5. The molecule has 5 rings (SSSR count). The topological polar surface area (TPSA) is 76.3 Å². The lowest BCUT2D eigenvalue weighted by molar-refractivity contribution is -0.144. The van der Waals surface area contributed by atoms with E-state index < -0.39 is 0 Å². The largest absolute Gasteiger partial charge is 0.339 e. The molecule has 2 aliphatic carbocycles. The lowest BCUT2D eigenvalue weighted by atomic mass is 9.88. The molecule has 2 atom stereocenters. The Morgan fingerprint density at radius 3 is 2.78 bits per heavy atom. The standard InChI is InChI=1S/C21H23N3O3/c1-12(25)24-9-8-18(24)19(26)11-15-5-4-14-10-16(6-7-17(14)15)20-22-21(27-23-20)13-2-3-13/h6-7,10,13,15,18H,2-5,8-9,11H2,1H3/t15-,18+/m0/s1. The molecule has 0 unspecified atom stereocenters. The molecule has 2 fully saturated rings. The number of carbonyl (C=O) groups is 2. The molecule has 140 valence electrons. The van der Waals surface area contributed by atoms with Crippen molar-refractivity contribution in [2.45, 2.75) is 63.3 Å². The molecule has 1 saturated carbocycles. The smallest absolute Gasteiger partial charge is 0.230 e. The summed E-state index contributed by atoms with van der Waals surface area (Å²) in [5, 5.41) is 4.13. The van der Waals surface area contributed by atoms with Gasteiger partial charge in [0.25, 0.3) is 0 Å². The molecule has 6 heteroatoms. The Hall–Kier alpha value is -2.50. The van der Waals surface area contributed by atoms with Crippen LogP contribution in [0.5, 0.6) is 0 Å². The van der Waals surface area contributed by atoms with Gasteiger partial charge < -0.3 is 9.42 Å². The van der Waals surface area contributed by atoms with E-state index in [0.29, 0.717) is 24.7 Å². The third-order valence-corrected chi connectivity index (χ3v) is 6.21. The minimum absolute atomic E-state index is 0.00161. The molecular weight excluding hydrogens is 342 g/mol. The Labute approximate surface area is 157 Å². The summed E-state index contributed by atoms with van der Waals surface area (Å²) in [6.45, 7) is 2.25. The molecule has 0 bridgehead atoms. The first-order chi connectivity index (χ1) is 13.1. The first-order valence-electron chi connectivity index (χ1n) is 9.87. The summed E-state index contributed by atoms with van der Waals surface area (Å²) in [5.41, 5.74) is 3.52. The lowest BCUT2D eigenvalue weighted by Crippen LogP contribution is -2.54. The zero-order chi connectivity index (χ0) is 18.5. The van der Waals surface area contributed by atoms with E-state index in [0.717, 1.165) is 43.6 Å². The van der Waals surface area contributed by atoms with Crippen molar-refractivity contribution in [2.24, 2.45) is 0 Å². The second kappa shape index (κ2) is 6.29. The van der Waals surface area contributed by atoms with Crippen molar-refractivity contribution in [1.82, 2.24) is 15.0 Å². The number of rotatable bonds is 5. The Bertz CT molecular complexity index is 915. The highest BCUT2D eigenvalue weighted by Crippen LogP contribution is 2.41. The van der Waals surface area contributed by atoms with Gasteiger partial charge in [0.1, 0.15) is 0 Å². The number of hydrogen-bond donors (Lipinski definition) is 0. The van der Waals surface area contributed by atoms with Crippen LogP contribution < -0.4 is 0 Å². The molecule has 1 aliphatic heterocycles. The first-order valence-corrected chi connectivity index (χ1v) is 9.87. The van der Waals surface area contributed by atoms with Crippen LogP contribution in [0.2, 0.25) is 0 Å². The number of amides is 1. The van der Waals surface area contributed by atoms with Crippen molar-refractivity contribution in [1.29, 1.82) is 0 Å². The molecule has 1 amide bonds. The molecule has 2 aromatic rings. The Kier molecular flexibility index (Phi) is 3.88. The van der Waals surface area contributed by atoms with Gasteiger partial charge in [-0.1, -0.05) is 17.3 Å². The number of hydrogen-bond acceptors (Lipinski definition) is 5. The van der Waals surface area contributed by atoms with Gasteiger partial charge in [0.2, 0.25) is 17.6 Å². The van der Waals surface area contributed by atoms with Crippen LogP contribution in [0.3, 0.4) is 0 Å². The van der Waals surface area contributed by atoms with Crippen molar-refractivity contribution < 1.29 is 14.1 Å². The number of nitrogens with zero attached hydrogens (tertiary/aromatic N) is 3. The fourth-order valence-corrected chi connectivity index (χ4v) is 4.38. The molecule has 2 heterocycles. The zero-order valence-corrected chi connectivity index (χ0v) is 15.5. The highest BCUT2D eigenvalue weighted by Gasteiger charge is 2.37. The molecule has 1 saturated heterocycles. The van der Waals surface area contributed by atoms with Crippen molar-refractivity contribution >= 4 is 11.7 Å².